The van der Waals surface area contributed by atoms with Crippen molar-refractivity contribution in [3.8, 4) is 0 Å². The van der Waals surface area contributed by atoms with Crippen LogP contribution in [0.15, 0.2) is 12.2 Å². The summed E-state index contributed by atoms with van der Waals surface area (Å²) in [6.45, 7) is 8.97. The first-order chi connectivity index (χ1) is 10.0. The molecule has 4 atom stereocenters. The summed E-state index contributed by atoms with van der Waals surface area (Å²) in [5.41, 5.74) is 5.87. The highest BCUT2D eigenvalue weighted by Gasteiger charge is 2.38. The van der Waals surface area contributed by atoms with Gasteiger partial charge in [0, 0.05) is 23.1 Å². The van der Waals surface area contributed by atoms with Gasteiger partial charge in [-0.3, -0.25) is 4.79 Å². The average Bonchev–Trinajstić information content (AvgIpc) is 2.30. The number of nitrogens with two attached hydrogens (primary N) is 1. The molecule has 6 heteroatoms. The molecule has 22 heavy (non-hydrogen) atoms. The number of aldehydes is 1. The Hall–Kier alpha value is -0.850. The third-order valence-electron chi connectivity index (χ3n) is 3.74. The summed E-state index contributed by atoms with van der Waals surface area (Å²) in [4.78, 5) is 21.5. The summed E-state index contributed by atoms with van der Waals surface area (Å²) >= 11 is 1.98. The van der Waals surface area contributed by atoms with Crippen LogP contribution in [0, 0.1) is 11.3 Å². The Kier molecular flexibility index (Phi) is 6.65. The zero-order valence-electron chi connectivity index (χ0n) is 13.8. The van der Waals surface area contributed by atoms with E-state index in [1.165, 1.54) is 0 Å². The van der Waals surface area contributed by atoms with Gasteiger partial charge in [-0.25, -0.2) is 0 Å². The predicted octanol–water partition coefficient (Wildman–Crippen LogP) is 1.67. The fourth-order valence-corrected chi connectivity index (χ4v) is 3.77. The molecule has 0 aliphatic carbocycles. The van der Waals surface area contributed by atoms with Crippen molar-refractivity contribution in [3.05, 3.63) is 12.2 Å². The largest absolute Gasteiger partial charge is 0.481 e. The molecule has 0 amide bonds. The van der Waals surface area contributed by atoms with Gasteiger partial charge in [0.05, 0.1) is 12.5 Å². The van der Waals surface area contributed by atoms with Gasteiger partial charge in [-0.1, -0.05) is 32.9 Å². The molecule has 0 aromatic rings. The molecule has 5 nitrogen and oxygen atoms in total. The number of carbonyl (C=O) groups excluding carboxylic acids is 1. The minimum atomic E-state index is -1.00. The molecule has 0 bridgehead atoms. The van der Waals surface area contributed by atoms with E-state index in [0.29, 0.717) is 24.0 Å². The van der Waals surface area contributed by atoms with E-state index in [0.717, 1.165) is 5.75 Å². The molecule has 4 N–H and O–H groups in total. The van der Waals surface area contributed by atoms with Gasteiger partial charge < -0.3 is 21.0 Å². The molecule has 1 fully saturated rings. The lowest BCUT2D eigenvalue weighted by atomic mass is 9.83. The van der Waals surface area contributed by atoms with Crippen molar-refractivity contribution < 1.29 is 14.7 Å². The smallest absolute Gasteiger partial charge is 0.305 e. The first-order valence-corrected chi connectivity index (χ1v) is 8.60. The Bertz CT molecular complexity index is 430. The van der Waals surface area contributed by atoms with Gasteiger partial charge in [0.1, 0.15) is 6.29 Å². The molecule has 1 saturated heterocycles. The molecule has 3 unspecified atom stereocenters. The van der Waals surface area contributed by atoms with Crippen molar-refractivity contribution in [1.82, 2.24) is 5.32 Å². The summed E-state index contributed by atoms with van der Waals surface area (Å²) in [5, 5.41) is 12.2. The molecule has 1 heterocycles. The Morgan fingerprint density at radius 3 is 2.50 bits per heavy atom. The van der Waals surface area contributed by atoms with Gasteiger partial charge in [0.15, 0.2) is 0 Å². The first kappa shape index (κ1) is 19.2. The van der Waals surface area contributed by atoms with Gasteiger partial charge in [-0.15, -0.1) is 0 Å². The monoisotopic (exact) mass is 328 g/mol. The van der Waals surface area contributed by atoms with Gasteiger partial charge in [0.2, 0.25) is 0 Å². The molecule has 0 radical (unpaired) electrons. The van der Waals surface area contributed by atoms with Crippen LogP contribution >= 0.6 is 11.8 Å². The van der Waals surface area contributed by atoms with Crippen LogP contribution < -0.4 is 11.1 Å². The molecular weight excluding hydrogens is 300 g/mol. The second kappa shape index (κ2) is 7.62. The van der Waals surface area contributed by atoms with Crippen molar-refractivity contribution in [2.75, 3.05) is 12.3 Å². The molecule has 0 aromatic heterocycles. The maximum absolute atomic E-state index is 10.8. The van der Waals surface area contributed by atoms with Crippen LogP contribution in [0.2, 0.25) is 0 Å². The maximum Gasteiger partial charge on any atom is 0.305 e. The number of hydrogen-bond donors (Lipinski definition) is 3. The van der Waals surface area contributed by atoms with Gasteiger partial charge in [-0.05, 0) is 18.3 Å². The maximum atomic E-state index is 10.8. The zero-order chi connectivity index (χ0) is 17.0. The molecule has 0 saturated carbocycles. The van der Waals surface area contributed by atoms with E-state index >= 15 is 0 Å². The highest BCUT2D eigenvalue weighted by Crippen LogP contribution is 2.46. The van der Waals surface area contributed by atoms with Crippen LogP contribution in [0.4, 0.5) is 0 Å². The standard InChI is InChI=1S/C16H28N2O3S/c1-15(2,3)14-11(9-22-14)5-6-16(4,17)10-18-12(8-19)7-13(20)21/h5-6,8,11-12,14,18H,7,9-10,17H2,1-4H3,(H,20,21)/b6-5+/t11?,12-,14?,16?/m0/s1. The number of carboxylic acids is 1. The lowest BCUT2D eigenvalue weighted by Crippen LogP contribution is -2.49. The normalized spacial score (nSPS) is 26.2. The predicted molar refractivity (Wildman–Crippen MR) is 91.0 cm³/mol. The topological polar surface area (TPSA) is 92.4 Å². The van der Waals surface area contributed by atoms with Gasteiger partial charge >= 0.3 is 5.97 Å². The summed E-state index contributed by atoms with van der Waals surface area (Å²) in [5.74, 6) is 0.630. The fraction of sp³-hybridized carbons (Fsp3) is 0.750. The van der Waals surface area contributed by atoms with Crippen LogP contribution in [0.5, 0.6) is 0 Å². The van der Waals surface area contributed by atoms with E-state index in [1.807, 2.05) is 24.8 Å². The number of carboxylic acid groups (broad SMARTS) is 1. The second-order valence-electron chi connectivity index (χ2n) is 7.37. The fourth-order valence-electron chi connectivity index (χ4n) is 2.46. The Morgan fingerprint density at radius 2 is 2.09 bits per heavy atom. The molecular formula is C16H28N2O3S. The van der Waals surface area contributed by atoms with Crippen molar-refractivity contribution in [3.63, 3.8) is 0 Å². The van der Waals surface area contributed by atoms with Crippen LogP contribution in [0.3, 0.4) is 0 Å². The average molecular weight is 328 g/mol. The number of aliphatic carboxylic acids is 1. The van der Waals surface area contributed by atoms with Crippen LogP contribution in [0.1, 0.15) is 34.1 Å². The number of nitrogens with one attached hydrogen (secondary N) is 1. The van der Waals surface area contributed by atoms with E-state index in [1.54, 1.807) is 0 Å². The quantitative estimate of drug-likeness (QED) is 0.464. The number of allylic oxidation sites excluding steroid dienone is 1. The molecule has 1 aliphatic rings. The number of hydrogen-bond acceptors (Lipinski definition) is 5. The second-order valence-corrected chi connectivity index (χ2v) is 8.54. The minimum absolute atomic E-state index is 0.228. The third kappa shape index (κ3) is 6.10. The van der Waals surface area contributed by atoms with Crippen molar-refractivity contribution in [2.24, 2.45) is 17.1 Å². The Morgan fingerprint density at radius 1 is 1.45 bits per heavy atom. The first-order valence-electron chi connectivity index (χ1n) is 7.55. The van der Waals surface area contributed by atoms with Crippen molar-refractivity contribution >= 4 is 24.0 Å². The lowest BCUT2D eigenvalue weighted by Gasteiger charge is -2.43. The number of carbonyl (C=O) groups is 2. The summed E-state index contributed by atoms with van der Waals surface area (Å²) in [6.07, 6.45) is 4.54. The van der Waals surface area contributed by atoms with Gasteiger partial charge in [-0.2, -0.15) is 11.8 Å². The van der Waals surface area contributed by atoms with E-state index in [-0.39, 0.29) is 11.8 Å². The van der Waals surface area contributed by atoms with Gasteiger partial charge in [0.25, 0.3) is 0 Å². The van der Waals surface area contributed by atoms with E-state index in [2.05, 4.69) is 32.2 Å². The van der Waals surface area contributed by atoms with E-state index < -0.39 is 17.6 Å². The SMILES string of the molecule is CC(N)(/C=C/C1CSC1C(C)(C)C)CN[C@H](C=O)CC(=O)O. The minimum Gasteiger partial charge on any atom is -0.481 e. The van der Waals surface area contributed by atoms with Crippen LogP contribution in [-0.2, 0) is 9.59 Å². The lowest BCUT2D eigenvalue weighted by molar-refractivity contribution is -0.138. The molecule has 0 spiro atoms. The summed E-state index contributed by atoms with van der Waals surface area (Å²) in [7, 11) is 0. The Balaban J connectivity index is 2.51. The van der Waals surface area contributed by atoms with Crippen LogP contribution in [0.25, 0.3) is 0 Å². The van der Waals surface area contributed by atoms with Crippen molar-refractivity contribution in [2.45, 2.75) is 50.9 Å². The van der Waals surface area contributed by atoms with E-state index in [4.69, 9.17) is 10.8 Å². The Labute approximate surface area is 137 Å². The third-order valence-corrected chi connectivity index (χ3v) is 5.73. The highest BCUT2D eigenvalue weighted by molar-refractivity contribution is 8.01. The number of thioether (sulfide) groups is 1. The van der Waals surface area contributed by atoms with Crippen molar-refractivity contribution in [1.29, 1.82) is 0 Å². The summed E-state index contributed by atoms with van der Waals surface area (Å²) < 4.78 is 0. The number of rotatable bonds is 8. The molecule has 1 aliphatic heterocycles. The highest BCUT2D eigenvalue weighted by atomic mass is 32.2. The molecule has 1 rings (SSSR count). The zero-order valence-corrected chi connectivity index (χ0v) is 14.7. The van der Waals surface area contributed by atoms with E-state index in [9.17, 15) is 9.59 Å². The molecule has 0 aromatic carbocycles. The summed E-state index contributed by atoms with van der Waals surface area (Å²) in [6, 6.07) is -0.699. The molecule has 126 valence electrons. The van der Waals surface area contributed by atoms with Crippen LogP contribution in [-0.4, -0.2) is 46.5 Å².